The van der Waals surface area contributed by atoms with Gasteiger partial charge in [-0.05, 0) is 4.31 Å². The first-order valence-electron chi connectivity index (χ1n) is 7.63. The van der Waals surface area contributed by atoms with E-state index < -0.39 is 72.5 Å². The van der Waals surface area contributed by atoms with E-state index in [2.05, 4.69) is 17.8 Å². The molecule has 0 saturated carbocycles. The molecule has 0 radical (unpaired) electrons. The van der Waals surface area contributed by atoms with Crippen LogP contribution in [0.15, 0.2) is 21.9 Å². The number of H-pyrrole nitrogens is 1. The maximum Gasteiger partial charge on any atom is 0.708 e. The van der Waals surface area contributed by atoms with Crippen molar-refractivity contribution in [3.63, 3.8) is 0 Å². The first kappa shape index (κ1) is 26.0. The summed E-state index contributed by atoms with van der Waals surface area (Å²) in [4.78, 5) is 42.5. The highest BCUT2D eigenvalue weighted by atomic mass is 31.3. The molecule has 176 valence electrons. The number of aromatic nitrogens is 2. The number of hydrogen-bond acceptors (Lipinski definition) is 12. The fraction of sp³-hybridized carbons (Fsp3) is 0.600. The molecule has 2 heterocycles. The molecule has 1 saturated heterocycles. The molecular formula is C10H14F2N2O14P3+. The van der Waals surface area contributed by atoms with Crippen molar-refractivity contribution in [2.45, 2.75) is 24.1 Å². The van der Waals surface area contributed by atoms with Crippen molar-refractivity contribution >= 4 is 23.9 Å². The summed E-state index contributed by atoms with van der Waals surface area (Å²) in [5, 5.41) is 18.0. The Morgan fingerprint density at radius 2 is 1.97 bits per heavy atom. The van der Waals surface area contributed by atoms with Gasteiger partial charge in [-0.15, -0.1) is 9.20 Å². The van der Waals surface area contributed by atoms with Gasteiger partial charge < -0.3 is 14.7 Å². The van der Waals surface area contributed by atoms with Crippen LogP contribution in [0.4, 0.5) is 8.78 Å². The van der Waals surface area contributed by atoms with Gasteiger partial charge in [0.15, 0.2) is 18.0 Å². The number of aliphatic hydroxyl groups excluding tert-OH is 1. The predicted octanol–water partition coefficient (Wildman–Crippen LogP) is -0.130. The first-order chi connectivity index (χ1) is 14.3. The summed E-state index contributed by atoms with van der Waals surface area (Å²) >= 11 is 0. The zero-order valence-corrected chi connectivity index (χ0v) is 17.4. The fourth-order valence-electron chi connectivity index (χ4n) is 2.36. The van der Waals surface area contributed by atoms with Crippen LogP contribution in [0, 0.1) is 0 Å². The standard InChI is InChI=1S/C10H13F2N2O14P3/c11-3-10(4-24-29(19)27-31(22,23)28-30(20,21)26-18)7(16)6(12)8(25-10)14-2-1-5(15)13-9(14)17/h1-2,6-8,16H,3-4H2,(H3-,13,15,17,18,20,21,22,23)/p+1/t6-,7-,8+,10+/m0/s1. The summed E-state index contributed by atoms with van der Waals surface area (Å²) in [6.07, 6.45) is -5.91. The van der Waals surface area contributed by atoms with Gasteiger partial charge in [0.1, 0.15) is 19.4 Å². The minimum Gasteiger partial charge on any atom is -0.387 e. The highest BCUT2D eigenvalue weighted by molar-refractivity contribution is 7.64. The fourth-order valence-corrected chi connectivity index (χ4v) is 5.09. The number of nitrogens with one attached hydrogen (secondary N) is 1. The average molecular weight is 517 g/mol. The summed E-state index contributed by atoms with van der Waals surface area (Å²) in [6, 6.07) is 0.815. The number of ether oxygens (including phenoxy) is 1. The second-order valence-corrected chi connectivity index (χ2v) is 9.84. The largest absolute Gasteiger partial charge is 0.708 e. The van der Waals surface area contributed by atoms with Crippen molar-refractivity contribution in [2.75, 3.05) is 13.3 Å². The number of alkyl halides is 2. The Balaban J connectivity index is 2.13. The molecule has 1 aromatic heterocycles. The zero-order chi connectivity index (χ0) is 23.6. The van der Waals surface area contributed by atoms with Crippen LogP contribution in [0.25, 0.3) is 0 Å². The molecule has 1 aliphatic heterocycles. The predicted molar refractivity (Wildman–Crippen MR) is 90.1 cm³/mol. The lowest BCUT2D eigenvalue weighted by Crippen LogP contribution is -2.47. The Bertz CT molecular complexity index is 1030. The average Bonchev–Trinajstić information content (AvgIpc) is 2.91. The van der Waals surface area contributed by atoms with Crippen LogP contribution in [0.5, 0.6) is 0 Å². The van der Waals surface area contributed by atoms with Gasteiger partial charge in [-0.25, -0.2) is 28.0 Å². The summed E-state index contributed by atoms with van der Waals surface area (Å²) < 4.78 is 82.2. The van der Waals surface area contributed by atoms with Gasteiger partial charge in [0.25, 0.3) is 5.56 Å². The van der Waals surface area contributed by atoms with Crippen LogP contribution in [-0.4, -0.2) is 60.9 Å². The van der Waals surface area contributed by atoms with E-state index in [4.69, 9.17) is 19.8 Å². The summed E-state index contributed by atoms with van der Waals surface area (Å²) in [6.45, 7) is -2.95. The Morgan fingerprint density at radius 1 is 1.32 bits per heavy atom. The molecule has 1 aromatic rings. The number of hydrogen-bond donors (Lipinski definition) is 5. The lowest BCUT2D eigenvalue weighted by atomic mass is 9.98. The molecule has 3 unspecified atom stereocenters. The smallest absolute Gasteiger partial charge is 0.387 e. The van der Waals surface area contributed by atoms with E-state index in [0.717, 1.165) is 12.3 Å². The second-order valence-electron chi connectivity index (χ2n) is 5.79. The Morgan fingerprint density at radius 3 is 2.52 bits per heavy atom. The number of nitrogens with zero attached hydrogens (tertiary/aromatic N) is 1. The van der Waals surface area contributed by atoms with Crippen LogP contribution < -0.4 is 11.2 Å². The van der Waals surface area contributed by atoms with Gasteiger partial charge in [0, 0.05) is 16.8 Å². The van der Waals surface area contributed by atoms with E-state index in [1.165, 1.54) is 0 Å². The van der Waals surface area contributed by atoms with Crippen molar-refractivity contribution in [1.82, 2.24) is 9.55 Å². The summed E-state index contributed by atoms with van der Waals surface area (Å²) in [5.41, 5.74) is -4.58. The highest BCUT2D eigenvalue weighted by Gasteiger charge is 2.58. The number of halogens is 2. The molecule has 2 rings (SSSR count). The van der Waals surface area contributed by atoms with E-state index in [-0.39, 0.29) is 0 Å². The maximum atomic E-state index is 14.5. The minimum atomic E-state index is -5.63. The Labute approximate surface area is 170 Å². The third-order valence-corrected chi connectivity index (χ3v) is 7.27. The molecule has 1 aliphatic rings. The molecule has 0 spiro atoms. The molecule has 31 heavy (non-hydrogen) atoms. The van der Waals surface area contributed by atoms with Gasteiger partial charge in [-0.1, -0.05) is 0 Å². The second kappa shape index (κ2) is 9.70. The quantitative estimate of drug-likeness (QED) is 0.155. The van der Waals surface area contributed by atoms with Gasteiger partial charge in [-0.2, -0.15) is 4.31 Å². The molecule has 5 N–H and O–H groups in total. The molecule has 7 atom stereocenters. The molecule has 0 amide bonds. The van der Waals surface area contributed by atoms with Gasteiger partial charge in [0.2, 0.25) is 0 Å². The van der Waals surface area contributed by atoms with Crippen LogP contribution in [0.2, 0.25) is 0 Å². The SMILES string of the molecule is O=c1ccn([C@@H]2O[C@](CF)(CO[P+](=O)OP(=O)(O)OP(=O)(O)OO)[C@@H](O)[C@@H]2F)c(=O)[nH]1. The van der Waals surface area contributed by atoms with Crippen molar-refractivity contribution in [2.24, 2.45) is 0 Å². The molecule has 16 nitrogen and oxygen atoms in total. The van der Waals surface area contributed by atoms with Crippen LogP contribution in [0.3, 0.4) is 0 Å². The minimum absolute atomic E-state index is 0.493. The zero-order valence-electron chi connectivity index (χ0n) is 14.7. The van der Waals surface area contributed by atoms with Gasteiger partial charge in [-0.3, -0.25) is 19.2 Å². The summed E-state index contributed by atoms with van der Waals surface area (Å²) in [5.74, 6) is 0. The molecule has 0 aliphatic carbocycles. The molecule has 0 bridgehead atoms. The van der Waals surface area contributed by atoms with Crippen LogP contribution in [-0.2, 0) is 36.3 Å². The van der Waals surface area contributed by atoms with Crippen LogP contribution >= 0.6 is 23.9 Å². The first-order valence-corrected chi connectivity index (χ1v) is 11.7. The van der Waals surface area contributed by atoms with Crippen molar-refractivity contribution in [3.05, 3.63) is 33.1 Å². The van der Waals surface area contributed by atoms with E-state index in [9.17, 15) is 37.2 Å². The monoisotopic (exact) mass is 517 g/mol. The topological polar surface area (TPSA) is 233 Å². The van der Waals surface area contributed by atoms with Crippen molar-refractivity contribution in [1.29, 1.82) is 0 Å². The number of phosphoric acid groups is 2. The third-order valence-electron chi connectivity index (χ3n) is 3.71. The lowest BCUT2D eigenvalue weighted by Gasteiger charge is -2.25. The molecular weight excluding hydrogens is 503 g/mol. The van der Waals surface area contributed by atoms with Crippen LogP contribution in [0.1, 0.15) is 6.23 Å². The Kier molecular flexibility index (Phi) is 8.14. The molecule has 0 aromatic carbocycles. The Hall–Kier alpha value is -1.26. The van der Waals surface area contributed by atoms with E-state index in [0.29, 0.717) is 4.57 Å². The van der Waals surface area contributed by atoms with Crippen molar-refractivity contribution < 1.29 is 65.2 Å². The number of aliphatic hydroxyl groups is 1. The number of aromatic amines is 1. The van der Waals surface area contributed by atoms with Gasteiger partial charge >= 0.3 is 29.6 Å². The maximum absolute atomic E-state index is 14.5. The summed E-state index contributed by atoms with van der Waals surface area (Å²) in [7, 11) is -14.9. The van der Waals surface area contributed by atoms with E-state index in [1.807, 2.05) is 0 Å². The lowest BCUT2D eigenvalue weighted by molar-refractivity contribution is -0.157. The number of rotatable bonds is 10. The molecule has 21 heteroatoms. The van der Waals surface area contributed by atoms with Crippen molar-refractivity contribution in [3.8, 4) is 0 Å². The molecule has 1 fully saturated rings. The highest BCUT2D eigenvalue weighted by Crippen LogP contribution is 2.63. The van der Waals surface area contributed by atoms with E-state index >= 15 is 0 Å². The normalized spacial score (nSPS) is 30.5. The van der Waals surface area contributed by atoms with Gasteiger partial charge in [0.05, 0.1) is 0 Å². The third kappa shape index (κ3) is 6.16. The van der Waals surface area contributed by atoms with E-state index in [1.54, 1.807) is 4.98 Å².